The molecule has 0 bridgehead atoms. The van der Waals surface area contributed by atoms with Crippen LogP contribution in [0.25, 0.3) is 39.0 Å². The van der Waals surface area contributed by atoms with Crippen molar-refractivity contribution in [2.45, 2.75) is 116 Å². The minimum absolute atomic E-state index is 0.0355. The fraction of sp³-hybridized carbons (Fsp3) is 0.500. The van der Waals surface area contributed by atoms with Gasteiger partial charge in [-0.25, -0.2) is 4.98 Å². The Morgan fingerprint density at radius 3 is 2.43 bits per heavy atom. The second-order valence-corrected chi connectivity index (χ2v) is 17.2. The number of likely N-dealkylation sites (tertiary alicyclic amines) is 1. The van der Waals surface area contributed by atoms with E-state index in [1.807, 2.05) is 31.1 Å². The van der Waals surface area contributed by atoms with Gasteiger partial charge in [0, 0.05) is 42.6 Å². The monoisotopic (exact) mass is 723 g/mol. The molecule has 2 atom stereocenters. The molecule has 3 fully saturated rings. The van der Waals surface area contributed by atoms with Crippen molar-refractivity contribution in [2.75, 3.05) is 13.7 Å². The van der Waals surface area contributed by atoms with Crippen molar-refractivity contribution in [3.8, 4) is 22.4 Å². The largest absolute Gasteiger partial charge is 0.469 e. The maximum atomic E-state index is 13.7. The van der Waals surface area contributed by atoms with Gasteiger partial charge in [0.25, 0.3) is 0 Å². The average molecular weight is 724 g/mol. The fourth-order valence-electron chi connectivity index (χ4n) is 10.5. The number of nitrogens with one attached hydrogen (secondary N) is 1. The summed E-state index contributed by atoms with van der Waals surface area (Å²) < 4.78 is 4.91. The van der Waals surface area contributed by atoms with E-state index >= 15 is 0 Å². The number of carbonyl (C=O) groups is 2. The van der Waals surface area contributed by atoms with Crippen LogP contribution in [0.4, 0.5) is 0 Å². The first kappa shape index (κ1) is 35.1. The van der Waals surface area contributed by atoms with Crippen molar-refractivity contribution in [3.63, 3.8) is 0 Å². The summed E-state index contributed by atoms with van der Waals surface area (Å²) in [6.07, 6.45) is 19.3. The fourth-order valence-corrected chi connectivity index (χ4v) is 10.5. The highest BCUT2D eigenvalue weighted by atomic mass is 16.5. The first-order valence-corrected chi connectivity index (χ1v) is 20.5. The molecule has 0 radical (unpaired) electrons. The number of allylic oxidation sites excluding steroid dienone is 1. The van der Waals surface area contributed by atoms with Crippen molar-refractivity contribution in [2.24, 2.45) is 22.2 Å². The van der Waals surface area contributed by atoms with Gasteiger partial charge in [-0.15, -0.1) is 0 Å². The standard InChI is InChI=1S/C46H53N5O3/c1-28(2)35(23-43(52)54-3)45(53)51-20-8-11-42(51)41-22-32(27-48-41)31-13-16-38(47-26-31)34-15-14-33(36-24-46(25-37(34)36)18-6-7-19-46)30-12-17-39-40(21-30)50-44(49-39)29-9-4-5-10-29/h12-17,21,26-29,35,42H,4-11,18-20,22-25H2,1-3H3,(H,49,50)/t35-,42-/m0/s1. The zero-order valence-corrected chi connectivity index (χ0v) is 32.1. The van der Waals surface area contributed by atoms with Crippen LogP contribution in [0, 0.1) is 17.3 Å². The summed E-state index contributed by atoms with van der Waals surface area (Å²) in [5, 5.41) is 0. The SMILES string of the molecule is COC(=O)C[C@H](C(=O)N1CCC[C@H]1C1=NC=C(c2ccc(-c3ccc(-c4ccc5nc(C6CCCC6)[nH]c5c4)c4c3CC3(CCCC3)C4)nc2)C1)C(C)C. The van der Waals surface area contributed by atoms with E-state index in [1.165, 1.54) is 92.1 Å². The van der Waals surface area contributed by atoms with Crippen molar-refractivity contribution >= 4 is 34.2 Å². The number of methoxy groups -OCH3 is 1. The number of hydrogen-bond donors (Lipinski definition) is 1. The number of imidazole rings is 1. The molecule has 1 amide bonds. The third-order valence-corrected chi connectivity index (χ3v) is 13.6. The molecule has 54 heavy (non-hydrogen) atoms. The number of aromatic nitrogens is 3. The highest BCUT2D eigenvalue weighted by Gasteiger charge is 2.42. The molecular weight excluding hydrogens is 671 g/mol. The van der Waals surface area contributed by atoms with E-state index in [1.54, 1.807) is 0 Å². The minimum Gasteiger partial charge on any atom is -0.469 e. The molecule has 280 valence electrons. The molecule has 1 N–H and O–H groups in total. The van der Waals surface area contributed by atoms with Gasteiger partial charge in [-0.3, -0.25) is 19.6 Å². The summed E-state index contributed by atoms with van der Waals surface area (Å²) in [4.78, 5) is 46.5. The lowest BCUT2D eigenvalue weighted by Crippen LogP contribution is -2.45. The molecule has 1 saturated heterocycles. The lowest BCUT2D eigenvalue weighted by atomic mass is 9.82. The van der Waals surface area contributed by atoms with E-state index < -0.39 is 5.92 Å². The minimum atomic E-state index is -0.391. The van der Waals surface area contributed by atoms with Crippen LogP contribution in [0.1, 0.15) is 119 Å². The zero-order chi connectivity index (χ0) is 37.0. The van der Waals surface area contributed by atoms with Crippen LogP contribution in [0.5, 0.6) is 0 Å². The Labute approximate surface area is 318 Å². The van der Waals surface area contributed by atoms with Gasteiger partial charge in [-0.1, -0.05) is 63.8 Å². The number of carbonyl (C=O) groups excluding carboxylic acids is 2. The van der Waals surface area contributed by atoms with Gasteiger partial charge in [0.2, 0.25) is 5.91 Å². The number of H-pyrrole nitrogens is 1. The highest BCUT2D eigenvalue weighted by molar-refractivity contribution is 6.03. The molecule has 2 aromatic heterocycles. The van der Waals surface area contributed by atoms with Gasteiger partial charge in [0.1, 0.15) is 5.82 Å². The summed E-state index contributed by atoms with van der Waals surface area (Å²) in [5.74, 6) is 1.09. The molecule has 1 spiro atoms. The normalized spacial score (nSPS) is 21.3. The predicted molar refractivity (Wildman–Crippen MR) is 214 cm³/mol. The zero-order valence-electron chi connectivity index (χ0n) is 32.1. The Kier molecular flexibility index (Phi) is 9.27. The molecule has 4 aromatic rings. The molecule has 2 saturated carbocycles. The third kappa shape index (κ3) is 6.39. The van der Waals surface area contributed by atoms with Crippen LogP contribution < -0.4 is 0 Å². The number of aromatic amines is 1. The van der Waals surface area contributed by atoms with Crippen LogP contribution in [0.15, 0.2) is 59.9 Å². The Hall–Kier alpha value is -4.59. The third-order valence-electron chi connectivity index (χ3n) is 13.6. The quantitative estimate of drug-likeness (QED) is 0.173. The first-order valence-electron chi connectivity index (χ1n) is 20.5. The number of esters is 1. The molecule has 8 nitrogen and oxygen atoms in total. The number of benzene rings is 2. The predicted octanol–water partition coefficient (Wildman–Crippen LogP) is 9.62. The van der Waals surface area contributed by atoms with E-state index in [9.17, 15) is 9.59 Å². The summed E-state index contributed by atoms with van der Waals surface area (Å²) in [6, 6.07) is 15.8. The summed E-state index contributed by atoms with van der Waals surface area (Å²) in [7, 11) is 1.38. The van der Waals surface area contributed by atoms with Gasteiger partial charge < -0.3 is 14.6 Å². The maximum absolute atomic E-state index is 13.7. The molecule has 3 aliphatic carbocycles. The van der Waals surface area contributed by atoms with Gasteiger partial charge in [0.15, 0.2) is 0 Å². The number of aliphatic imine (C=N–C) groups is 1. The number of fused-ring (bicyclic) bond motifs is 2. The van der Waals surface area contributed by atoms with Crippen LogP contribution >= 0.6 is 0 Å². The second-order valence-electron chi connectivity index (χ2n) is 17.2. The number of hydrogen-bond acceptors (Lipinski definition) is 6. The van der Waals surface area contributed by atoms with Crippen LogP contribution in [0.2, 0.25) is 0 Å². The Bertz CT molecular complexity index is 2150. The van der Waals surface area contributed by atoms with Gasteiger partial charge in [-0.2, -0.15) is 0 Å². The lowest BCUT2D eigenvalue weighted by molar-refractivity contribution is -0.148. The van der Waals surface area contributed by atoms with Gasteiger partial charge in [-0.05, 0) is 114 Å². The number of rotatable bonds is 9. The topological polar surface area (TPSA) is 101 Å². The van der Waals surface area contributed by atoms with Crippen molar-refractivity contribution in [3.05, 3.63) is 77.4 Å². The Morgan fingerprint density at radius 2 is 1.69 bits per heavy atom. The molecule has 5 aliphatic rings. The van der Waals surface area contributed by atoms with Crippen LogP contribution in [-0.4, -0.2) is 57.1 Å². The van der Waals surface area contributed by atoms with E-state index in [-0.39, 0.29) is 30.3 Å². The highest BCUT2D eigenvalue weighted by Crippen LogP contribution is 2.53. The number of pyridine rings is 1. The van der Waals surface area contributed by atoms with Crippen molar-refractivity contribution in [1.29, 1.82) is 0 Å². The van der Waals surface area contributed by atoms with E-state index in [0.717, 1.165) is 59.3 Å². The smallest absolute Gasteiger partial charge is 0.306 e. The van der Waals surface area contributed by atoms with Crippen LogP contribution in [-0.2, 0) is 27.2 Å². The lowest BCUT2D eigenvalue weighted by Gasteiger charge is -2.30. The van der Waals surface area contributed by atoms with E-state index in [4.69, 9.17) is 19.7 Å². The van der Waals surface area contributed by atoms with Crippen molar-refractivity contribution in [1.82, 2.24) is 19.9 Å². The number of ether oxygens (including phenoxy) is 1. The van der Waals surface area contributed by atoms with Crippen molar-refractivity contribution < 1.29 is 14.3 Å². The van der Waals surface area contributed by atoms with Gasteiger partial charge in [0.05, 0.1) is 42.2 Å². The van der Waals surface area contributed by atoms with Crippen LogP contribution in [0.3, 0.4) is 0 Å². The number of amides is 1. The molecule has 2 aromatic carbocycles. The maximum Gasteiger partial charge on any atom is 0.306 e. The Balaban J connectivity index is 0.947. The molecule has 4 heterocycles. The molecule has 9 rings (SSSR count). The summed E-state index contributed by atoms with van der Waals surface area (Å²) >= 11 is 0. The summed E-state index contributed by atoms with van der Waals surface area (Å²) in [6.45, 7) is 4.70. The van der Waals surface area contributed by atoms with E-state index in [2.05, 4.69) is 47.4 Å². The Morgan fingerprint density at radius 1 is 0.926 bits per heavy atom. The second kappa shape index (κ2) is 14.2. The molecule has 0 unspecified atom stereocenters. The average Bonchev–Trinajstić information content (AvgIpc) is 4.04. The van der Waals surface area contributed by atoms with Gasteiger partial charge >= 0.3 is 5.97 Å². The first-order chi connectivity index (χ1) is 26.3. The van der Waals surface area contributed by atoms with E-state index in [0.29, 0.717) is 24.3 Å². The number of nitrogens with zero attached hydrogens (tertiary/aromatic N) is 4. The molecule has 8 heteroatoms. The summed E-state index contributed by atoms with van der Waals surface area (Å²) in [5.41, 5.74) is 13.7. The molecule has 2 aliphatic heterocycles. The molecular formula is C46H53N5O3.